The van der Waals surface area contributed by atoms with E-state index in [1.165, 1.54) is 34.9 Å². The van der Waals surface area contributed by atoms with Gasteiger partial charge in [0.05, 0.1) is 16.3 Å². The van der Waals surface area contributed by atoms with E-state index in [-0.39, 0.29) is 33.5 Å². The first-order valence-electron chi connectivity index (χ1n) is 11.0. The second kappa shape index (κ2) is 9.36. The van der Waals surface area contributed by atoms with Gasteiger partial charge in [-0.1, -0.05) is 41.4 Å². The Labute approximate surface area is 209 Å². The van der Waals surface area contributed by atoms with Crippen LogP contribution in [0.1, 0.15) is 21.6 Å². The molecule has 5 rings (SSSR count). The first-order chi connectivity index (χ1) is 16.8. The number of H-pyrrole nitrogens is 1. The van der Waals surface area contributed by atoms with E-state index in [2.05, 4.69) is 4.98 Å². The summed E-state index contributed by atoms with van der Waals surface area (Å²) in [6, 6.07) is 12.3. The number of amides is 1. The normalized spacial score (nSPS) is 14.1. The van der Waals surface area contributed by atoms with Crippen molar-refractivity contribution in [3.8, 4) is 0 Å². The molecule has 1 fully saturated rings. The van der Waals surface area contributed by atoms with Crippen LogP contribution < -0.4 is 10.5 Å². The molecular weight excluding hydrogens is 497 g/mol. The molecule has 0 saturated carbocycles. The van der Waals surface area contributed by atoms with E-state index in [9.17, 15) is 18.4 Å². The average Bonchev–Trinajstić information content (AvgIpc) is 3.17. The Hall–Kier alpha value is -3.36. The summed E-state index contributed by atoms with van der Waals surface area (Å²) in [6.07, 6.45) is 1.80. The Bertz CT molecular complexity index is 1490. The Morgan fingerprint density at radius 3 is 2.46 bits per heavy atom. The monoisotopic (exact) mass is 516 g/mol. The van der Waals surface area contributed by atoms with Gasteiger partial charge in [0.2, 0.25) is 0 Å². The number of benzene rings is 2. The highest BCUT2D eigenvalue weighted by molar-refractivity contribution is 6.42. The molecule has 2 aromatic heterocycles. The highest BCUT2D eigenvalue weighted by atomic mass is 35.5. The summed E-state index contributed by atoms with van der Waals surface area (Å²) in [5.41, 5.74) is 1.69. The Kier molecular flexibility index (Phi) is 6.25. The van der Waals surface area contributed by atoms with Crippen LogP contribution in [-0.4, -0.2) is 46.4 Å². The summed E-state index contributed by atoms with van der Waals surface area (Å²) in [6.45, 7) is 1.57. The second-order valence-corrected chi connectivity index (χ2v) is 9.10. The predicted molar refractivity (Wildman–Crippen MR) is 132 cm³/mol. The van der Waals surface area contributed by atoms with Crippen LogP contribution in [0.5, 0.6) is 0 Å². The minimum atomic E-state index is -0.621. The van der Waals surface area contributed by atoms with Gasteiger partial charge in [0.25, 0.3) is 11.5 Å². The number of nitrogens with one attached hydrogen (secondary N) is 1. The molecule has 6 nitrogen and oxygen atoms in total. The summed E-state index contributed by atoms with van der Waals surface area (Å²) < 4.78 is 30.3. The highest BCUT2D eigenvalue weighted by Gasteiger charge is 2.25. The van der Waals surface area contributed by atoms with E-state index in [1.54, 1.807) is 29.2 Å². The van der Waals surface area contributed by atoms with Gasteiger partial charge in [-0.2, -0.15) is 0 Å². The Morgan fingerprint density at radius 2 is 1.71 bits per heavy atom. The number of aromatic nitrogens is 2. The fraction of sp³-hybridized carbons (Fsp3) is 0.200. The maximum Gasteiger partial charge on any atom is 0.272 e. The van der Waals surface area contributed by atoms with Gasteiger partial charge in [-0.25, -0.2) is 8.78 Å². The number of hydrogen-bond donors (Lipinski definition) is 1. The number of anilines is 1. The van der Waals surface area contributed by atoms with E-state index in [4.69, 9.17) is 23.2 Å². The summed E-state index contributed by atoms with van der Waals surface area (Å²) in [7, 11) is 0. The SMILES string of the molecule is O=C(c1cc(Cc2c[nH]c(=O)c3cc(Cl)c(Cl)n23)ccc1F)N1CCN(c2ccccc2F)CC1. The van der Waals surface area contributed by atoms with Crippen LogP contribution in [-0.2, 0) is 6.42 Å². The van der Waals surface area contributed by atoms with Crippen molar-refractivity contribution in [3.63, 3.8) is 0 Å². The fourth-order valence-corrected chi connectivity index (χ4v) is 4.85. The van der Waals surface area contributed by atoms with Gasteiger partial charge in [0.1, 0.15) is 22.3 Å². The summed E-state index contributed by atoms with van der Waals surface area (Å²) >= 11 is 12.4. The number of piperazine rings is 1. The van der Waals surface area contributed by atoms with Gasteiger partial charge in [-0.15, -0.1) is 0 Å². The van der Waals surface area contributed by atoms with Gasteiger partial charge in [-0.3, -0.25) is 14.0 Å². The van der Waals surface area contributed by atoms with E-state index in [0.29, 0.717) is 48.6 Å². The molecular formula is C25H20Cl2F2N4O2. The molecule has 1 amide bonds. The van der Waals surface area contributed by atoms with Crippen molar-refractivity contribution < 1.29 is 13.6 Å². The Morgan fingerprint density at radius 1 is 0.971 bits per heavy atom. The minimum absolute atomic E-state index is 0.0425. The standard InChI is InChI=1S/C25H20Cl2F2N4O2/c26-18-13-22-24(34)30-14-16(33(22)23(18)27)11-15-5-6-19(28)17(12-15)25(35)32-9-7-31(8-10-32)21-4-2-1-3-20(21)29/h1-6,12-14H,7-11H2,(H,30,34). The lowest BCUT2D eigenvalue weighted by molar-refractivity contribution is 0.0742. The lowest BCUT2D eigenvalue weighted by Crippen LogP contribution is -2.49. The zero-order valence-electron chi connectivity index (χ0n) is 18.4. The van der Waals surface area contributed by atoms with Crippen molar-refractivity contribution in [2.24, 2.45) is 0 Å². The molecule has 0 aliphatic carbocycles. The molecule has 0 atom stereocenters. The third-order valence-corrected chi connectivity index (χ3v) is 6.95. The van der Waals surface area contributed by atoms with E-state index in [0.717, 1.165) is 0 Å². The minimum Gasteiger partial charge on any atom is -0.366 e. The van der Waals surface area contributed by atoms with E-state index in [1.807, 2.05) is 4.90 Å². The van der Waals surface area contributed by atoms with Crippen LogP contribution in [0.3, 0.4) is 0 Å². The fourth-order valence-electron chi connectivity index (χ4n) is 4.41. The summed E-state index contributed by atoms with van der Waals surface area (Å²) in [5, 5.41) is 0.447. The molecule has 1 aliphatic rings. The highest BCUT2D eigenvalue weighted by Crippen LogP contribution is 2.27. The van der Waals surface area contributed by atoms with Crippen LogP contribution in [0.25, 0.3) is 5.52 Å². The van der Waals surface area contributed by atoms with Crippen molar-refractivity contribution in [2.75, 3.05) is 31.1 Å². The number of rotatable bonds is 4. The van der Waals surface area contributed by atoms with Crippen LogP contribution in [0.2, 0.25) is 10.2 Å². The smallest absolute Gasteiger partial charge is 0.272 e. The zero-order valence-corrected chi connectivity index (χ0v) is 19.9. The van der Waals surface area contributed by atoms with E-state index < -0.39 is 11.7 Å². The predicted octanol–water partition coefficient (Wildman–Crippen LogP) is 4.77. The third-order valence-electron chi connectivity index (χ3n) is 6.19. The summed E-state index contributed by atoms with van der Waals surface area (Å²) in [4.78, 5) is 31.4. The number of carbonyl (C=O) groups excluding carboxylic acids is 1. The molecule has 0 unspecified atom stereocenters. The van der Waals surface area contributed by atoms with Crippen LogP contribution in [0.4, 0.5) is 14.5 Å². The molecule has 3 heterocycles. The van der Waals surface area contributed by atoms with Gasteiger partial charge in [0.15, 0.2) is 0 Å². The first kappa shape index (κ1) is 23.4. The van der Waals surface area contributed by atoms with Gasteiger partial charge < -0.3 is 14.8 Å². The first-order valence-corrected chi connectivity index (χ1v) is 11.7. The van der Waals surface area contributed by atoms with Crippen LogP contribution in [0.15, 0.2) is 59.5 Å². The van der Waals surface area contributed by atoms with Gasteiger partial charge in [-0.05, 0) is 35.9 Å². The van der Waals surface area contributed by atoms with E-state index >= 15 is 0 Å². The van der Waals surface area contributed by atoms with Crippen molar-refractivity contribution in [3.05, 3.63) is 104 Å². The molecule has 4 aromatic rings. The third kappa shape index (κ3) is 4.39. The largest absolute Gasteiger partial charge is 0.366 e. The maximum absolute atomic E-state index is 14.7. The van der Waals surface area contributed by atoms with Crippen molar-refractivity contribution in [2.45, 2.75) is 6.42 Å². The van der Waals surface area contributed by atoms with Gasteiger partial charge >= 0.3 is 0 Å². The number of nitrogens with zero attached hydrogens (tertiary/aromatic N) is 3. The number of hydrogen-bond acceptors (Lipinski definition) is 3. The molecule has 1 saturated heterocycles. The molecule has 180 valence electrons. The average molecular weight is 517 g/mol. The Balaban J connectivity index is 1.36. The molecule has 1 aliphatic heterocycles. The van der Waals surface area contributed by atoms with Crippen molar-refractivity contribution in [1.29, 1.82) is 0 Å². The summed E-state index contributed by atoms with van der Waals surface area (Å²) in [5.74, 6) is -1.36. The molecule has 10 heteroatoms. The molecule has 2 aromatic carbocycles. The van der Waals surface area contributed by atoms with Gasteiger partial charge in [0, 0.05) is 44.5 Å². The molecule has 1 N–H and O–H groups in total. The quantitative estimate of drug-likeness (QED) is 0.425. The lowest BCUT2D eigenvalue weighted by Gasteiger charge is -2.36. The topological polar surface area (TPSA) is 60.8 Å². The lowest BCUT2D eigenvalue weighted by atomic mass is 10.0. The number of carbonyl (C=O) groups is 1. The number of fused-ring (bicyclic) bond motifs is 1. The second-order valence-electron chi connectivity index (χ2n) is 8.33. The van der Waals surface area contributed by atoms with Crippen LogP contribution in [0, 0.1) is 11.6 Å². The zero-order chi connectivity index (χ0) is 24.7. The molecule has 0 radical (unpaired) electrons. The van der Waals surface area contributed by atoms with Crippen molar-refractivity contribution in [1.82, 2.24) is 14.3 Å². The maximum atomic E-state index is 14.7. The molecule has 0 spiro atoms. The number of para-hydroxylation sites is 1. The van der Waals surface area contributed by atoms with Crippen molar-refractivity contribution >= 4 is 40.3 Å². The molecule has 35 heavy (non-hydrogen) atoms. The molecule has 0 bridgehead atoms. The number of halogens is 4. The van der Waals surface area contributed by atoms with Crippen LogP contribution >= 0.6 is 23.2 Å². The number of aromatic amines is 1.